The molecule has 0 aliphatic carbocycles. The van der Waals surface area contributed by atoms with Crippen molar-refractivity contribution >= 4 is 17.3 Å². The molecular formula is C19H22N2O5. The summed E-state index contributed by atoms with van der Waals surface area (Å²) in [5.74, 6) is 0.539. The molecule has 1 atom stereocenters. The maximum Gasteiger partial charge on any atom is 0.271 e. The van der Waals surface area contributed by atoms with Crippen LogP contribution in [0, 0.1) is 30.9 Å². The number of aryl methyl sites for hydroxylation is 2. The molecule has 138 valence electrons. The highest BCUT2D eigenvalue weighted by Gasteiger charge is 2.20. The predicted octanol–water partition coefficient (Wildman–Crippen LogP) is 3.93. The Balaban J connectivity index is 2.20. The Bertz CT molecular complexity index is 848. The number of nitro benzene ring substituents is 1. The van der Waals surface area contributed by atoms with Crippen LogP contribution >= 0.6 is 0 Å². The molecule has 2 aromatic carbocycles. The number of hydrogen-bond acceptors (Lipinski definition) is 5. The largest absolute Gasteiger partial charge is 0.495 e. The Kier molecular flexibility index (Phi) is 5.82. The highest BCUT2D eigenvalue weighted by molar-refractivity contribution is 5.95. The second kappa shape index (κ2) is 7.86. The number of carbonyl (C=O) groups excluding carboxylic acids is 1. The lowest BCUT2D eigenvalue weighted by Crippen LogP contribution is -2.30. The molecule has 0 saturated carbocycles. The van der Waals surface area contributed by atoms with E-state index in [1.165, 1.54) is 25.3 Å². The number of carbonyl (C=O) groups is 1. The van der Waals surface area contributed by atoms with Crippen LogP contribution < -0.4 is 14.8 Å². The van der Waals surface area contributed by atoms with E-state index >= 15 is 0 Å². The maximum atomic E-state index is 12.5. The van der Waals surface area contributed by atoms with Crippen molar-refractivity contribution < 1.29 is 19.2 Å². The molecule has 0 spiro atoms. The molecule has 0 aliphatic heterocycles. The zero-order valence-electron chi connectivity index (χ0n) is 15.5. The number of anilines is 1. The van der Waals surface area contributed by atoms with Crippen LogP contribution in [0.4, 0.5) is 11.4 Å². The lowest BCUT2D eigenvalue weighted by atomic mass is 10.1. The molecular weight excluding hydrogens is 336 g/mol. The minimum absolute atomic E-state index is 0.139. The van der Waals surface area contributed by atoms with Gasteiger partial charge in [-0.1, -0.05) is 6.07 Å². The lowest BCUT2D eigenvalue weighted by molar-refractivity contribution is -0.384. The van der Waals surface area contributed by atoms with Crippen molar-refractivity contribution in [3.63, 3.8) is 0 Å². The normalized spacial score (nSPS) is 11.6. The van der Waals surface area contributed by atoms with E-state index in [1.807, 2.05) is 32.9 Å². The summed E-state index contributed by atoms with van der Waals surface area (Å²) >= 11 is 0. The summed E-state index contributed by atoms with van der Waals surface area (Å²) in [7, 11) is 1.43. The van der Waals surface area contributed by atoms with Gasteiger partial charge in [0.05, 0.1) is 17.7 Å². The van der Waals surface area contributed by atoms with Gasteiger partial charge in [0, 0.05) is 12.1 Å². The number of ether oxygens (including phenoxy) is 2. The molecule has 2 aromatic rings. The van der Waals surface area contributed by atoms with Gasteiger partial charge in [0.1, 0.15) is 11.5 Å². The summed E-state index contributed by atoms with van der Waals surface area (Å²) < 4.78 is 11.0. The summed E-state index contributed by atoms with van der Waals surface area (Å²) in [5, 5.41) is 13.6. The van der Waals surface area contributed by atoms with Gasteiger partial charge in [-0.25, -0.2) is 0 Å². The van der Waals surface area contributed by atoms with Crippen molar-refractivity contribution in [1.82, 2.24) is 0 Å². The molecule has 0 aliphatic rings. The Morgan fingerprint density at radius 3 is 2.46 bits per heavy atom. The summed E-state index contributed by atoms with van der Waals surface area (Å²) in [4.78, 5) is 22.9. The summed E-state index contributed by atoms with van der Waals surface area (Å²) in [6.45, 7) is 7.49. The van der Waals surface area contributed by atoms with Gasteiger partial charge in [-0.2, -0.15) is 0 Å². The van der Waals surface area contributed by atoms with Gasteiger partial charge < -0.3 is 14.8 Å². The molecule has 0 unspecified atom stereocenters. The monoisotopic (exact) mass is 358 g/mol. The highest BCUT2D eigenvalue weighted by Crippen LogP contribution is 2.29. The Labute approximate surface area is 152 Å². The van der Waals surface area contributed by atoms with Crippen molar-refractivity contribution in [3.05, 3.63) is 57.1 Å². The zero-order chi connectivity index (χ0) is 19.4. The molecule has 1 amide bonds. The first kappa shape index (κ1) is 19.2. The van der Waals surface area contributed by atoms with E-state index < -0.39 is 16.9 Å². The molecule has 0 saturated heterocycles. The first-order valence-electron chi connectivity index (χ1n) is 8.10. The predicted molar refractivity (Wildman–Crippen MR) is 99.0 cm³/mol. The van der Waals surface area contributed by atoms with E-state index in [1.54, 1.807) is 6.92 Å². The Morgan fingerprint density at radius 2 is 1.85 bits per heavy atom. The van der Waals surface area contributed by atoms with Crippen molar-refractivity contribution in [1.29, 1.82) is 0 Å². The minimum Gasteiger partial charge on any atom is -0.495 e. The second-order valence-corrected chi connectivity index (χ2v) is 6.10. The average Bonchev–Trinajstić information content (AvgIpc) is 2.58. The number of non-ortho nitro benzene ring substituents is 1. The standard InChI is InChI=1S/C19H22N2O5/c1-11-8-12(2)13(3)18(9-11)26-14(4)19(22)20-16-10-15(21(23)24)6-7-17(16)25-5/h6-10,14H,1-5H3,(H,20,22)/t14-/m0/s1. The number of benzene rings is 2. The van der Waals surface area contributed by atoms with Crippen LogP contribution in [0.25, 0.3) is 0 Å². The maximum absolute atomic E-state index is 12.5. The van der Waals surface area contributed by atoms with E-state index in [9.17, 15) is 14.9 Å². The third-order valence-electron chi connectivity index (χ3n) is 4.09. The lowest BCUT2D eigenvalue weighted by Gasteiger charge is -2.18. The number of nitro groups is 1. The van der Waals surface area contributed by atoms with Crippen LogP contribution in [-0.4, -0.2) is 24.0 Å². The van der Waals surface area contributed by atoms with Crippen LogP contribution in [0.15, 0.2) is 30.3 Å². The van der Waals surface area contributed by atoms with Gasteiger partial charge in [-0.15, -0.1) is 0 Å². The number of rotatable bonds is 6. The molecule has 0 aromatic heterocycles. The third-order valence-corrected chi connectivity index (χ3v) is 4.09. The Hall–Kier alpha value is -3.09. The fraction of sp³-hybridized carbons (Fsp3) is 0.316. The van der Waals surface area contributed by atoms with Crippen LogP contribution in [0.2, 0.25) is 0 Å². The van der Waals surface area contributed by atoms with Crippen molar-refractivity contribution in [2.75, 3.05) is 12.4 Å². The molecule has 1 N–H and O–H groups in total. The number of amides is 1. The SMILES string of the molecule is COc1ccc([N+](=O)[O-])cc1NC(=O)[C@H](C)Oc1cc(C)cc(C)c1C. The fourth-order valence-corrected chi connectivity index (χ4v) is 2.51. The van der Waals surface area contributed by atoms with Gasteiger partial charge in [0.25, 0.3) is 11.6 Å². The van der Waals surface area contributed by atoms with Crippen molar-refractivity contribution in [2.24, 2.45) is 0 Å². The number of methoxy groups -OCH3 is 1. The van der Waals surface area contributed by atoms with E-state index in [-0.39, 0.29) is 11.4 Å². The molecule has 0 heterocycles. The van der Waals surface area contributed by atoms with Gasteiger partial charge in [-0.05, 0) is 56.5 Å². The first-order valence-corrected chi connectivity index (χ1v) is 8.10. The van der Waals surface area contributed by atoms with Gasteiger partial charge in [0.15, 0.2) is 6.10 Å². The first-order chi connectivity index (χ1) is 12.2. The quantitative estimate of drug-likeness (QED) is 0.624. The molecule has 7 heteroatoms. The molecule has 0 radical (unpaired) electrons. The number of nitrogens with zero attached hydrogens (tertiary/aromatic N) is 1. The van der Waals surface area contributed by atoms with Gasteiger partial charge >= 0.3 is 0 Å². The van der Waals surface area contributed by atoms with Crippen LogP contribution in [-0.2, 0) is 4.79 Å². The summed E-state index contributed by atoms with van der Waals surface area (Å²) in [6, 6.07) is 7.92. The van der Waals surface area contributed by atoms with Crippen LogP contribution in [0.3, 0.4) is 0 Å². The van der Waals surface area contributed by atoms with E-state index in [0.29, 0.717) is 11.5 Å². The van der Waals surface area contributed by atoms with E-state index in [0.717, 1.165) is 16.7 Å². The summed E-state index contributed by atoms with van der Waals surface area (Å²) in [5.41, 5.74) is 3.16. The summed E-state index contributed by atoms with van der Waals surface area (Å²) in [6.07, 6.45) is -0.793. The molecule has 0 bridgehead atoms. The minimum atomic E-state index is -0.793. The Morgan fingerprint density at radius 1 is 1.15 bits per heavy atom. The van der Waals surface area contributed by atoms with Gasteiger partial charge in [0.2, 0.25) is 0 Å². The highest BCUT2D eigenvalue weighted by atomic mass is 16.6. The van der Waals surface area contributed by atoms with Crippen LogP contribution in [0.1, 0.15) is 23.6 Å². The van der Waals surface area contributed by atoms with Crippen molar-refractivity contribution in [3.8, 4) is 11.5 Å². The molecule has 0 fully saturated rings. The average molecular weight is 358 g/mol. The van der Waals surface area contributed by atoms with Gasteiger partial charge in [-0.3, -0.25) is 14.9 Å². The molecule has 2 rings (SSSR count). The third kappa shape index (κ3) is 4.30. The number of hydrogen-bond donors (Lipinski definition) is 1. The number of nitrogens with one attached hydrogen (secondary N) is 1. The smallest absolute Gasteiger partial charge is 0.271 e. The van der Waals surface area contributed by atoms with Crippen LogP contribution in [0.5, 0.6) is 11.5 Å². The van der Waals surface area contributed by atoms with Crippen molar-refractivity contribution in [2.45, 2.75) is 33.8 Å². The molecule has 26 heavy (non-hydrogen) atoms. The van der Waals surface area contributed by atoms with E-state index in [2.05, 4.69) is 5.32 Å². The topological polar surface area (TPSA) is 90.7 Å². The van der Waals surface area contributed by atoms with E-state index in [4.69, 9.17) is 9.47 Å². The molecule has 7 nitrogen and oxygen atoms in total. The second-order valence-electron chi connectivity index (χ2n) is 6.10. The zero-order valence-corrected chi connectivity index (χ0v) is 15.5. The fourth-order valence-electron chi connectivity index (χ4n) is 2.51.